The molecule has 1 N–H and O–H groups in total. The van der Waals surface area contributed by atoms with E-state index in [1.807, 2.05) is 24.3 Å². The molecule has 1 aromatic rings. The fraction of sp³-hybridized carbons (Fsp3) is 0.533. The lowest BCUT2D eigenvalue weighted by Crippen LogP contribution is -2.26. The predicted molar refractivity (Wildman–Crippen MR) is 78.0 cm³/mol. The van der Waals surface area contributed by atoms with E-state index >= 15 is 0 Å². The highest BCUT2D eigenvalue weighted by Crippen LogP contribution is 2.26. The zero-order valence-corrected chi connectivity index (χ0v) is 12.2. The number of carbonyl (C=O) groups excluding carboxylic acids is 1. The van der Waals surface area contributed by atoms with Gasteiger partial charge in [-0.15, -0.1) is 0 Å². The maximum Gasteiger partial charge on any atom is 0.251 e. The monoisotopic (exact) mass is 309 g/mol. The van der Waals surface area contributed by atoms with Crippen molar-refractivity contribution < 1.29 is 4.79 Å². The topological polar surface area (TPSA) is 29.1 Å². The molecular formula is C15H20BrNO. The Morgan fingerprint density at radius 1 is 1.28 bits per heavy atom. The lowest BCUT2D eigenvalue weighted by Gasteiger charge is -2.11. The number of benzene rings is 1. The van der Waals surface area contributed by atoms with E-state index in [1.54, 1.807) is 0 Å². The number of hydrogen-bond donors (Lipinski definition) is 1. The maximum absolute atomic E-state index is 12.1. The molecule has 1 aliphatic carbocycles. The van der Waals surface area contributed by atoms with E-state index in [2.05, 4.69) is 21.2 Å². The Morgan fingerprint density at radius 3 is 2.72 bits per heavy atom. The van der Waals surface area contributed by atoms with Crippen LogP contribution in [0.1, 0.15) is 48.0 Å². The molecule has 0 aromatic heterocycles. The van der Waals surface area contributed by atoms with Crippen LogP contribution >= 0.6 is 15.9 Å². The summed E-state index contributed by atoms with van der Waals surface area (Å²) in [7, 11) is 0. The molecule has 2 rings (SSSR count). The van der Waals surface area contributed by atoms with Gasteiger partial charge in [0.05, 0.1) is 0 Å². The molecule has 1 aromatic carbocycles. The van der Waals surface area contributed by atoms with Gasteiger partial charge in [-0.1, -0.05) is 59.8 Å². The first-order valence-electron chi connectivity index (χ1n) is 6.73. The van der Waals surface area contributed by atoms with Gasteiger partial charge in [0.2, 0.25) is 0 Å². The summed E-state index contributed by atoms with van der Waals surface area (Å²) in [6.45, 7) is 0.806. The lowest BCUT2D eigenvalue weighted by molar-refractivity contribution is 0.0951. The van der Waals surface area contributed by atoms with Crippen molar-refractivity contribution in [2.75, 3.05) is 6.54 Å². The maximum atomic E-state index is 12.1. The van der Waals surface area contributed by atoms with Crippen LogP contribution < -0.4 is 5.32 Å². The number of carbonyl (C=O) groups is 1. The molecule has 2 nitrogen and oxygen atoms in total. The number of hydrogen-bond acceptors (Lipinski definition) is 1. The second-order valence-electron chi connectivity index (χ2n) is 4.99. The van der Waals surface area contributed by atoms with Gasteiger partial charge in [0.15, 0.2) is 0 Å². The number of halogens is 1. The van der Waals surface area contributed by atoms with E-state index in [0.29, 0.717) is 0 Å². The van der Waals surface area contributed by atoms with Gasteiger partial charge < -0.3 is 5.32 Å². The third-order valence-electron chi connectivity index (χ3n) is 3.72. The van der Waals surface area contributed by atoms with Crippen molar-refractivity contribution in [1.82, 2.24) is 5.32 Å². The van der Waals surface area contributed by atoms with Gasteiger partial charge in [0.1, 0.15) is 0 Å². The lowest BCUT2D eigenvalue weighted by atomic mass is 10.0. The number of amides is 1. The third-order valence-corrected chi connectivity index (χ3v) is 4.32. The molecule has 1 saturated carbocycles. The first kappa shape index (κ1) is 13.6. The summed E-state index contributed by atoms with van der Waals surface area (Å²) in [5, 5.41) is 3.76. The Kier molecular flexibility index (Phi) is 5.24. The summed E-state index contributed by atoms with van der Waals surface area (Å²) in [5.74, 6) is 0.889. The van der Waals surface area contributed by atoms with Crippen LogP contribution in [0.3, 0.4) is 0 Å². The van der Waals surface area contributed by atoms with Crippen LogP contribution in [0.4, 0.5) is 0 Å². The summed E-state index contributed by atoms with van der Waals surface area (Å²) < 4.78 is 0. The van der Waals surface area contributed by atoms with Crippen LogP contribution in [-0.4, -0.2) is 12.5 Å². The van der Waals surface area contributed by atoms with Gasteiger partial charge in [-0.05, 0) is 24.0 Å². The second kappa shape index (κ2) is 6.93. The van der Waals surface area contributed by atoms with Gasteiger partial charge in [0.25, 0.3) is 5.91 Å². The molecule has 18 heavy (non-hydrogen) atoms. The van der Waals surface area contributed by atoms with Crippen molar-refractivity contribution >= 4 is 21.8 Å². The van der Waals surface area contributed by atoms with Crippen LogP contribution in [0, 0.1) is 5.92 Å². The molecule has 0 aliphatic heterocycles. The van der Waals surface area contributed by atoms with Crippen molar-refractivity contribution in [1.29, 1.82) is 0 Å². The molecule has 0 atom stereocenters. The standard InChI is InChI=1S/C15H20BrNO/c16-11-13-7-3-4-8-14(13)15(18)17-10-9-12-5-1-2-6-12/h3-4,7-8,12H,1-2,5-6,9-11H2,(H,17,18). The molecule has 0 saturated heterocycles. The van der Waals surface area contributed by atoms with Crippen LogP contribution in [0.15, 0.2) is 24.3 Å². The summed E-state index contributed by atoms with van der Waals surface area (Å²) in [4.78, 5) is 12.1. The Balaban J connectivity index is 1.83. The molecule has 1 fully saturated rings. The molecular weight excluding hydrogens is 290 g/mol. The smallest absolute Gasteiger partial charge is 0.251 e. The minimum absolute atomic E-state index is 0.0584. The quantitative estimate of drug-likeness (QED) is 0.821. The molecule has 0 heterocycles. The van der Waals surface area contributed by atoms with E-state index < -0.39 is 0 Å². The number of rotatable bonds is 5. The van der Waals surface area contributed by atoms with E-state index in [4.69, 9.17) is 0 Å². The molecule has 0 bridgehead atoms. The van der Waals surface area contributed by atoms with Crippen LogP contribution in [0.2, 0.25) is 0 Å². The van der Waals surface area contributed by atoms with Gasteiger partial charge in [-0.25, -0.2) is 0 Å². The first-order chi connectivity index (χ1) is 8.81. The van der Waals surface area contributed by atoms with E-state index in [9.17, 15) is 4.79 Å². The minimum atomic E-state index is 0.0584. The molecule has 1 aliphatic rings. The summed E-state index contributed by atoms with van der Waals surface area (Å²) >= 11 is 3.42. The highest BCUT2D eigenvalue weighted by molar-refractivity contribution is 9.08. The Bertz CT molecular complexity index is 399. The van der Waals surface area contributed by atoms with Gasteiger partial charge >= 0.3 is 0 Å². The number of alkyl halides is 1. The Morgan fingerprint density at radius 2 is 2.00 bits per heavy atom. The van der Waals surface area contributed by atoms with Gasteiger partial charge in [0, 0.05) is 17.4 Å². The molecule has 0 spiro atoms. The van der Waals surface area contributed by atoms with Crippen LogP contribution in [0.5, 0.6) is 0 Å². The van der Waals surface area contributed by atoms with E-state index in [1.165, 1.54) is 25.7 Å². The van der Waals surface area contributed by atoms with Crippen LogP contribution in [-0.2, 0) is 5.33 Å². The molecule has 0 radical (unpaired) electrons. The average molecular weight is 310 g/mol. The first-order valence-corrected chi connectivity index (χ1v) is 7.85. The summed E-state index contributed by atoms with van der Waals surface area (Å²) in [6.07, 6.45) is 6.54. The summed E-state index contributed by atoms with van der Waals surface area (Å²) in [6, 6.07) is 7.76. The largest absolute Gasteiger partial charge is 0.352 e. The van der Waals surface area contributed by atoms with Crippen molar-refractivity contribution in [3.63, 3.8) is 0 Å². The molecule has 1 amide bonds. The van der Waals surface area contributed by atoms with Crippen molar-refractivity contribution in [2.45, 2.75) is 37.4 Å². The second-order valence-corrected chi connectivity index (χ2v) is 5.55. The fourth-order valence-corrected chi connectivity index (χ4v) is 3.13. The van der Waals surface area contributed by atoms with Crippen molar-refractivity contribution in [3.05, 3.63) is 35.4 Å². The zero-order chi connectivity index (χ0) is 12.8. The Hall–Kier alpha value is -0.830. The number of nitrogens with one attached hydrogen (secondary N) is 1. The highest BCUT2D eigenvalue weighted by Gasteiger charge is 2.15. The third kappa shape index (κ3) is 3.58. The van der Waals surface area contributed by atoms with Crippen LogP contribution in [0.25, 0.3) is 0 Å². The normalized spacial score (nSPS) is 15.8. The van der Waals surface area contributed by atoms with Gasteiger partial charge in [-0.3, -0.25) is 4.79 Å². The summed E-state index contributed by atoms with van der Waals surface area (Å²) in [5.41, 5.74) is 1.84. The SMILES string of the molecule is O=C(NCCC1CCCC1)c1ccccc1CBr. The van der Waals surface area contributed by atoms with E-state index in [0.717, 1.165) is 35.3 Å². The molecule has 0 unspecified atom stereocenters. The minimum Gasteiger partial charge on any atom is -0.352 e. The van der Waals surface area contributed by atoms with Gasteiger partial charge in [-0.2, -0.15) is 0 Å². The van der Waals surface area contributed by atoms with E-state index in [-0.39, 0.29) is 5.91 Å². The zero-order valence-electron chi connectivity index (χ0n) is 10.6. The fourth-order valence-electron chi connectivity index (χ4n) is 2.64. The van der Waals surface area contributed by atoms with Crippen molar-refractivity contribution in [3.8, 4) is 0 Å². The highest BCUT2D eigenvalue weighted by atomic mass is 79.9. The molecule has 3 heteroatoms. The predicted octanol–water partition coefficient (Wildman–Crippen LogP) is 3.89. The Labute approximate surface area is 117 Å². The average Bonchev–Trinajstić information content (AvgIpc) is 2.91. The van der Waals surface area contributed by atoms with Crippen molar-refractivity contribution in [2.24, 2.45) is 5.92 Å². The molecule has 98 valence electrons.